The zero-order valence-corrected chi connectivity index (χ0v) is 21.1. The van der Waals surface area contributed by atoms with E-state index in [0.29, 0.717) is 18.8 Å². The summed E-state index contributed by atoms with van der Waals surface area (Å²) in [5, 5.41) is 0. The van der Waals surface area contributed by atoms with Crippen LogP contribution in [0.5, 0.6) is 11.5 Å². The van der Waals surface area contributed by atoms with Crippen LogP contribution in [-0.2, 0) is 11.3 Å². The van der Waals surface area contributed by atoms with Crippen LogP contribution in [-0.4, -0.2) is 19.2 Å². The minimum Gasteiger partial charge on any atom is -0.494 e. The Kier molecular flexibility index (Phi) is 11.2. The standard InChI is InChI=1S/C31H38O4/c1-3-5-6-7-8-9-23-33-29-18-14-26(15-19-29)27-16-20-30(21-17-27)35-24-25-10-12-28(13-11-25)31(32)34-22-4-2/h10-21H,3-9,22-24H2,1-2H3. The molecule has 0 amide bonds. The summed E-state index contributed by atoms with van der Waals surface area (Å²) in [6.45, 7) is 5.88. The Morgan fingerprint density at radius 1 is 0.600 bits per heavy atom. The van der Waals surface area contributed by atoms with Crippen molar-refractivity contribution in [3.8, 4) is 22.6 Å². The van der Waals surface area contributed by atoms with Gasteiger partial charge in [-0.15, -0.1) is 0 Å². The first-order valence-corrected chi connectivity index (χ1v) is 12.9. The molecule has 35 heavy (non-hydrogen) atoms. The molecular weight excluding hydrogens is 436 g/mol. The molecule has 4 nitrogen and oxygen atoms in total. The van der Waals surface area contributed by atoms with Crippen molar-refractivity contribution in [3.63, 3.8) is 0 Å². The van der Waals surface area contributed by atoms with E-state index in [9.17, 15) is 4.79 Å². The van der Waals surface area contributed by atoms with Crippen LogP contribution < -0.4 is 9.47 Å². The highest BCUT2D eigenvalue weighted by atomic mass is 16.5. The van der Waals surface area contributed by atoms with E-state index in [1.165, 1.54) is 32.1 Å². The molecular formula is C31H38O4. The molecule has 0 saturated heterocycles. The molecule has 4 heteroatoms. The molecule has 0 aliphatic carbocycles. The molecule has 0 aliphatic rings. The lowest BCUT2D eigenvalue weighted by atomic mass is 10.1. The lowest BCUT2D eigenvalue weighted by Crippen LogP contribution is -2.06. The summed E-state index contributed by atoms with van der Waals surface area (Å²) in [5.74, 6) is 1.44. The van der Waals surface area contributed by atoms with Gasteiger partial charge < -0.3 is 14.2 Å². The van der Waals surface area contributed by atoms with Gasteiger partial charge in [-0.2, -0.15) is 0 Å². The van der Waals surface area contributed by atoms with Gasteiger partial charge in [0, 0.05) is 0 Å². The van der Waals surface area contributed by atoms with Crippen molar-refractivity contribution in [2.45, 2.75) is 65.4 Å². The average Bonchev–Trinajstić information content (AvgIpc) is 2.91. The van der Waals surface area contributed by atoms with Crippen molar-refractivity contribution in [1.29, 1.82) is 0 Å². The van der Waals surface area contributed by atoms with Crippen molar-refractivity contribution >= 4 is 5.97 Å². The number of rotatable bonds is 15. The van der Waals surface area contributed by atoms with Gasteiger partial charge in [0.1, 0.15) is 18.1 Å². The highest BCUT2D eigenvalue weighted by Crippen LogP contribution is 2.25. The zero-order chi connectivity index (χ0) is 24.7. The molecule has 0 atom stereocenters. The van der Waals surface area contributed by atoms with Gasteiger partial charge in [-0.3, -0.25) is 0 Å². The molecule has 0 heterocycles. The molecule has 3 rings (SSSR count). The van der Waals surface area contributed by atoms with Crippen molar-refractivity contribution < 1.29 is 19.0 Å². The van der Waals surface area contributed by atoms with Crippen LogP contribution in [0.2, 0.25) is 0 Å². The molecule has 186 valence electrons. The lowest BCUT2D eigenvalue weighted by Gasteiger charge is -2.10. The molecule has 0 bridgehead atoms. The molecule has 0 aliphatic heterocycles. The Hall–Kier alpha value is -3.27. The molecule has 0 aromatic heterocycles. The van der Waals surface area contributed by atoms with Crippen molar-refractivity contribution in [2.75, 3.05) is 13.2 Å². The predicted molar refractivity (Wildman–Crippen MR) is 142 cm³/mol. The fraction of sp³-hybridized carbons (Fsp3) is 0.387. The van der Waals surface area contributed by atoms with Crippen LogP contribution in [0.25, 0.3) is 11.1 Å². The SMILES string of the molecule is CCCCCCCCOc1ccc(-c2ccc(OCc3ccc(C(=O)OCCC)cc3)cc2)cc1. The van der Waals surface area contributed by atoms with Gasteiger partial charge in [0.25, 0.3) is 0 Å². The van der Waals surface area contributed by atoms with Gasteiger partial charge in [0.15, 0.2) is 0 Å². The van der Waals surface area contributed by atoms with E-state index >= 15 is 0 Å². The second kappa shape index (κ2) is 14.9. The number of esters is 1. The third-order valence-electron chi connectivity index (χ3n) is 5.84. The third kappa shape index (κ3) is 9.12. The summed E-state index contributed by atoms with van der Waals surface area (Å²) >= 11 is 0. The monoisotopic (exact) mass is 474 g/mol. The van der Waals surface area contributed by atoms with Gasteiger partial charge in [0.05, 0.1) is 18.8 Å². The van der Waals surface area contributed by atoms with Gasteiger partial charge in [-0.25, -0.2) is 4.79 Å². The van der Waals surface area contributed by atoms with Crippen LogP contribution in [0.3, 0.4) is 0 Å². The van der Waals surface area contributed by atoms with Gasteiger partial charge in [-0.05, 0) is 65.9 Å². The Labute approximate surface area is 210 Å². The number of carbonyl (C=O) groups excluding carboxylic acids is 1. The smallest absolute Gasteiger partial charge is 0.338 e. The van der Waals surface area contributed by atoms with E-state index in [0.717, 1.165) is 47.6 Å². The van der Waals surface area contributed by atoms with Gasteiger partial charge >= 0.3 is 5.97 Å². The number of hydrogen-bond acceptors (Lipinski definition) is 4. The first kappa shape index (κ1) is 26.3. The number of ether oxygens (including phenoxy) is 3. The Bertz CT molecular complexity index is 992. The lowest BCUT2D eigenvalue weighted by molar-refractivity contribution is 0.0505. The molecule has 3 aromatic rings. The van der Waals surface area contributed by atoms with E-state index in [4.69, 9.17) is 14.2 Å². The van der Waals surface area contributed by atoms with E-state index in [-0.39, 0.29) is 5.97 Å². The van der Waals surface area contributed by atoms with E-state index in [1.54, 1.807) is 12.1 Å². The first-order valence-electron chi connectivity index (χ1n) is 12.9. The quantitative estimate of drug-likeness (QED) is 0.164. The number of carbonyl (C=O) groups is 1. The van der Waals surface area contributed by atoms with E-state index in [1.807, 2.05) is 43.3 Å². The predicted octanol–water partition coefficient (Wildman–Crippen LogP) is 8.24. The largest absolute Gasteiger partial charge is 0.494 e. The maximum Gasteiger partial charge on any atom is 0.338 e. The fourth-order valence-corrected chi connectivity index (χ4v) is 3.74. The van der Waals surface area contributed by atoms with Crippen LogP contribution in [0, 0.1) is 0 Å². The van der Waals surface area contributed by atoms with Crippen LogP contribution in [0.15, 0.2) is 72.8 Å². The minimum atomic E-state index is -0.285. The maximum absolute atomic E-state index is 11.9. The van der Waals surface area contributed by atoms with Crippen LogP contribution in [0.4, 0.5) is 0 Å². The molecule has 0 spiro atoms. The summed E-state index contributed by atoms with van der Waals surface area (Å²) in [5.41, 5.74) is 3.84. The summed E-state index contributed by atoms with van der Waals surface area (Å²) < 4.78 is 17.0. The number of benzene rings is 3. The molecule has 0 fully saturated rings. The van der Waals surface area contributed by atoms with Crippen LogP contribution >= 0.6 is 0 Å². The second-order valence-electron chi connectivity index (χ2n) is 8.79. The minimum absolute atomic E-state index is 0.285. The molecule has 3 aromatic carbocycles. The summed E-state index contributed by atoms with van der Waals surface area (Å²) in [6, 6.07) is 23.7. The normalized spacial score (nSPS) is 10.7. The third-order valence-corrected chi connectivity index (χ3v) is 5.84. The van der Waals surface area contributed by atoms with E-state index in [2.05, 4.69) is 31.2 Å². The molecule has 0 N–H and O–H groups in total. The van der Waals surface area contributed by atoms with Gasteiger partial charge in [0.2, 0.25) is 0 Å². The zero-order valence-electron chi connectivity index (χ0n) is 21.1. The molecule has 0 unspecified atom stereocenters. The average molecular weight is 475 g/mol. The number of unbranched alkanes of at least 4 members (excludes halogenated alkanes) is 5. The highest BCUT2D eigenvalue weighted by molar-refractivity contribution is 5.89. The maximum atomic E-state index is 11.9. The van der Waals surface area contributed by atoms with Crippen molar-refractivity contribution in [2.24, 2.45) is 0 Å². The highest BCUT2D eigenvalue weighted by Gasteiger charge is 2.07. The summed E-state index contributed by atoms with van der Waals surface area (Å²) in [7, 11) is 0. The van der Waals surface area contributed by atoms with Crippen molar-refractivity contribution in [1.82, 2.24) is 0 Å². The Balaban J connectivity index is 1.43. The molecule has 0 saturated carbocycles. The Morgan fingerprint density at radius 3 is 1.77 bits per heavy atom. The van der Waals surface area contributed by atoms with Crippen LogP contribution in [0.1, 0.15) is 74.7 Å². The van der Waals surface area contributed by atoms with Gasteiger partial charge in [-0.1, -0.05) is 82.3 Å². The second-order valence-corrected chi connectivity index (χ2v) is 8.79. The summed E-state index contributed by atoms with van der Waals surface area (Å²) in [6.07, 6.45) is 8.43. The van der Waals surface area contributed by atoms with Crippen molar-refractivity contribution in [3.05, 3.63) is 83.9 Å². The first-order chi connectivity index (χ1) is 17.2. The number of hydrogen-bond donors (Lipinski definition) is 0. The Morgan fingerprint density at radius 2 is 1.17 bits per heavy atom. The topological polar surface area (TPSA) is 44.8 Å². The fourth-order valence-electron chi connectivity index (χ4n) is 3.74. The summed E-state index contributed by atoms with van der Waals surface area (Å²) in [4.78, 5) is 11.9. The van der Waals surface area contributed by atoms with E-state index < -0.39 is 0 Å². The molecule has 0 radical (unpaired) electrons.